The van der Waals surface area contributed by atoms with Gasteiger partial charge in [-0.25, -0.2) is 9.07 Å². The van der Waals surface area contributed by atoms with Gasteiger partial charge in [0.15, 0.2) is 5.69 Å². The van der Waals surface area contributed by atoms with Crippen LogP contribution >= 0.6 is 23.2 Å². The molecule has 0 radical (unpaired) electrons. The molecule has 1 heterocycles. The van der Waals surface area contributed by atoms with Crippen molar-refractivity contribution >= 4 is 40.8 Å². The highest BCUT2D eigenvalue weighted by atomic mass is 35.5. The quantitative estimate of drug-likeness (QED) is 0.311. The highest BCUT2D eigenvalue weighted by molar-refractivity contribution is 6.35. The molecule has 192 valence electrons. The van der Waals surface area contributed by atoms with Gasteiger partial charge in [-0.3, -0.25) is 4.79 Å². The average Bonchev–Trinajstić information content (AvgIpc) is 3.26. The summed E-state index contributed by atoms with van der Waals surface area (Å²) in [6.45, 7) is 4.49. The molecule has 4 nitrogen and oxygen atoms in total. The maximum Gasteiger partial charge on any atom is 0.271 e. The fourth-order valence-electron chi connectivity index (χ4n) is 4.30. The molecule has 0 aliphatic heterocycles. The largest absolute Gasteiger partial charge is 0.354 e. The Hall–Kier alpha value is -2.63. The summed E-state index contributed by atoms with van der Waals surface area (Å²) in [4.78, 5) is 12.5. The van der Waals surface area contributed by atoms with E-state index in [0.29, 0.717) is 21.4 Å². The van der Waals surface area contributed by atoms with Gasteiger partial charge >= 0.3 is 0 Å². The number of benzene rings is 2. The Labute approximate surface area is 223 Å². The normalized spacial score (nSPS) is 13.7. The minimum atomic E-state index is -0.281. The first-order valence-electron chi connectivity index (χ1n) is 12.6. The van der Waals surface area contributed by atoms with E-state index < -0.39 is 0 Å². The topological polar surface area (TPSA) is 46.9 Å². The number of carbonyl (C=O) groups is 1. The minimum Gasteiger partial charge on any atom is -0.354 e. The summed E-state index contributed by atoms with van der Waals surface area (Å²) >= 11 is 12.5. The molecule has 0 saturated heterocycles. The van der Waals surface area contributed by atoms with E-state index in [2.05, 4.69) is 24.3 Å². The molecule has 0 fully saturated rings. The number of halogens is 3. The molecule has 1 aromatic heterocycles. The molecular formula is C29H34Cl2FN3O. The van der Waals surface area contributed by atoms with Crippen LogP contribution in [0.4, 0.5) is 4.39 Å². The van der Waals surface area contributed by atoms with Gasteiger partial charge in [-0.1, -0.05) is 81.3 Å². The SMILES string of the molecule is CCCCCCC.CNC(=O)c1nn(-c2ccc(Cl)cc2Cl)c2c1CCC/C2=C\c1ccc(F)cc1. The smallest absolute Gasteiger partial charge is 0.271 e. The van der Waals surface area contributed by atoms with Crippen LogP contribution in [0.2, 0.25) is 10.0 Å². The number of hydrogen-bond acceptors (Lipinski definition) is 2. The lowest BCUT2D eigenvalue weighted by atomic mass is 9.89. The number of amides is 1. The second-order valence-electron chi connectivity index (χ2n) is 8.90. The van der Waals surface area contributed by atoms with Crippen molar-refractivity contribution in [2.45, 2.75) is 65.2 Å². The molecule has 0 atom stereocenters. The predicted octanol–water partition coefficient (Wildman–Crippen LogP) is 8.53. The van der Waals surface area contributed by atoms with E-state index in [1.165, 1.54) is 44.2 Å². The van der Waals surface area contributed by atoms with Crippen molar-refractivity contribution in [2.24, 2.45) is 0 Å². The second kappa shape index (κ2) is 13.6. The Bertz CT molecular complexity index is 1200. The Kier molecular flexibility index (Phi) is 10.6. The Morgan fingerprint density at radius 3 is 2.36 bits per heavy atom. The van der Waals surface area contributed by atoms with Gasteiger partial charge in [0, 0.05) is 17.6 Å². The van der Waals surface area contributed by atoms with Crippen molar-refractivity contribution in [1.29, 1.82) is 0 Å². The molecule has 0 unspecified atom stereocenters. The lowest BCUT2D eigenvalue weighted by Crippen LogP contribution is -2.20. The molecule has 7 heteroatoms. The van der Waals surface area contributed by atoms with Crippen LogP contribution in [0.15, 0.2) is 42.5 Å². The van der Waals surface area contributed by atoms with E-state index in [1.807, 2.05) is 6.08 Å². The van der Waals surface area contributed by atoms with Crippen molar-refractivity contribution in [1.82, 2.24) is 15.1 Å². The van der Waals surface area contributed by atoms with Gasteiger partial charge in [0.05, 0.1) is 16.4 Å². The Balaban J connectivity index is 0.000000454. The van der Waals surface area contributed by atoms with E-state index in [-0.39, 0.29) is 11.7 Å². The van der Waals surface area contributed by atoms with Crippen molar-refractivity contribution in [3.63, 3.8) is 0 Å². The number of unbranched alkanes of at least 4 members (excludes halogenated alkanes) is 4. The summed E-state index contributed by atoms with van der Waals surface area (Å²) in [6.07, 6.45) is 11.5. The lowest BCUT2D eigenvalue weighted by molar-refractivity contribution is 0.0956. The fraction of sp³-hybridized carbons (Fsp3) is 0.379. The maximum absolute atomic E-state index is 13.3. The summed E-state index contributed by atoms with van der Waals surface area (Å²) in [5.74, 6) is -0.524. The summed E-state index contributed by atoms with van der Waals surface area (Å²) < 4.78 is 15.0. The summed E-state index contributed by atoms with van der Waals surface area (Å²) in [5, 5.41) is 8.23. The summed E-state index contributed by atoms with van der Waals surface area (Å²) in [7, 11) is 1.58. The van der Waals surface area contributed by atoms with Crippen molar-refractivity contribution < 1.29 is 9.18 Å². The zero-order valence-corrected chi connectivity index (χ0v) is 22.7. The number of rotatable bonds is 7. The van der Waals surface area contributed by atoms with Crippen LogP contribution in [0.3, 0.4) is 0 Å². The van der Waals surface area contributed by atoms with E-state index in [0.717, 1.165) is 41.7 Å². The lowest BCUT2D eigenvalue weighted by Gasteiger charge is -2.19. The highest BCUT2D eigenvalue weighted by Gasteiger charge is 2.28. The number of nitrogens with one attached hydrogen (secondary N) is 1. The Morgan fingerprint density at radius 2 is 1.75 bits per heavy atom. The predicted molar refractivity (Wildman–Crippen MR) is 149 cm³/mol. The van der Waals surface area contributed by atoms with Gasteiger partial charge < -0.3 is 5.32 Å². The number of hydrogen-bond donors (Lipinski definition) is 1. The molecule has 3 aromatic rings. The second-order valence-corrected chi connectivity index (χ2v) is 9.74. The van der Waals surface area contributed by atoms with E-state index >= 15 is 0 Å². The first-order valence-corrected chi connectivity index (χ1v) is 13.4. The molecule has 0 spiro atoms. The molecule has 1 aliphatic rings. The van der Waals surface area contributed by atoms with Crippen LogP contribution in [0.1, 0.15) is 86.1 Å². The Morgan fingerprint density at radius 1 is 1.06 bits per heavy atom. The van der Waals surface area contributed by atoms with E-state index in [1.54, 1.807) is 42.1 Å². The van der Waals surface area contributed by atoms with Crippen LogP contribution in [-0.2, 0) is 6.42 Å². The van der Waals surface area contributed by atoms with Gasteiger partial charge in [0.25, 0.3) is 5.91 Å². The standard InChI is InChI=1S/C22H18Cl2FN3O.C7H16/c1-26-22(29)20-17-4-2-3-14(11-13-5-8-16(25)9-6-13)21(17)28(27-20)19-10-7-15(23)12-18(19)24;1-3-5-7-6-4-2/h5-12H,2-4H2,1H3,(H,26,29);3-7H2,1-2H3/b14-11+;. The first-order chi connectivity index (χ1) is 17.4. The van der Waals surface area contributed by atoms with Gasteiger partial charge in [-0.2, -0.15) is 5.10 Å². The van der Waals surface area contributed by atoms with Gasteiger partial charge in [-0.15, -0.1) is 0 Å². The van der Waals surface area contributed by atoms with Crippen LogP contribution in [-0.4, -0.2) is 22.7 Å². The number of allylic oxidation sites excluding steroid dienone is 1. The van der Waals surface area contributed by atoms with Gasteiger partial charge in [0.2, 0.25) is 0 Å². The van der Waals surface area contributed by atoms with Gasteiger partial charge in [0.1, 0.15) is 5.82 Å². The molecule has 1 aliphatic carbocycles. The summed E-state index contributed by atoms with van der Waals surface area (Å²) in [5.41, 5.74) is 4.67. The van der Waals surface area contributed by atoms with Crippen LogP contribution in [0.5, 0.6) is 0 Å². The van der Waals surface area contributed by atoms with Crippen LogP contribution in [0, 0.1) is 5.82 Å². The highest BCUT2D eigenvalue weighted by Crippen LogP contribution is 2.37. The fourth-order valence-corrected chi connectivity index (χ4v) is 4.79. The monoisotopic (exact) mass is 529 g/mol. The van der Waals surface area contributed by atoms with Crippen molar-refractivity contribution in [3.05, 3.63) is 80.8 Å². The average molecular weight is 531 g/mol. The third kappa shape index (κ3) is 6.98. The zero-order chi connectivity index (χ0) is 26.1. The van der Waals surface area contributed by atoms with Crippen molar-refractivity contribution in [2.75, 3.05) is 7.05 Å². The summed E-state index contributed by atoms with van der Waals surface area (Å²) in [6, 6.07) is 11.5. The number of aromatic nitrogens is 2. The zero-order valence-electron chi connectivity index (χ0n) is 21.2. The first kappa shape index (κ1) is 27.9. The molecule has 36 heavy (non-hydrogen) atoms. The molecular weight excluding hydrogens is 496 g/mol. The van der Waals surface area contributed by atoms with Crippen LogP contribution in [0.25, 0.3) is 17.3 Å². The third-order valence-electron chi connectivity index (χ3n) is 6.16. The molecule has 1 N–H and O–H groups in total. The third-order valence-corrected chi connectivity index (χ3v) is 6.70. The van der Waals surface area contributed by atoms with Gasteiger partial charge in [-0.05, 0) is 66.8 Å². The maximum atomic E-state index is 13.3. The number of carbonyl (C=O) groups excluding carboxylic acids is 1. The van der Waals surface area contributed by atoms with Crippen LogP contribution < -0.4 is 5.32 Å². The minimum absolute atomic E-state index is 0.242. The van der Waals surface area contributed by atoms with E-state index in [9.17, 15) is 9.18 Å². The molecule has 4 rings (SSSR count). The molecule has 0 saturated carbocycles. The molecule has 1 amide bonds. The number of fused-ring (bicyclic) bond motifs is 1. The molecule has 0 bridgehead atoms. The van der Waals surface area contributed by atoms with Crippen molar-refractivity contribution in [3.8, 4) is 5.69 Å². The van der Waals surface area contributed by atoms with E-state index in [4.69, 9.17) is 23.2 Å². The molecule has 2 aromatic carbocycles. The number of nitrogens with zero attached hydrogens (tertiary/aromatic N) is 2.